The van der Waals surface area contributed by atoms with Crippen LogP contribution in [0.1, 0.15) is 12.5 Å². The highest BCUT2D eigenvalue weighted by atomic mass is 16.7. The van der Waals surface area contributed by atoms with Gasteiger partial charge in [-0.3, -0.25) is 4.90 Å². The number of aliphatic hydroxyl groups excluding tert-OH is 1. The first kappa shape index (κ1) is 16.5. The molecule has 0 spiro atoms. The lowest BCUT2D eigenvalue weighted by molar-refractivity contribution is 0.00175. The van der Waals surface area contributed by atoms with Crippen molar-refractivity contribution in [2.45, 2.75) is 19.6 Å². The average molecular weight is 322 g/mol. The number of likely N-dealkylation sites (N-methyl/N-ethyl adjacent to an activating group) is 1. The fourth-order valence-electron chi connectivity index (χ4n) is 2.98. The van der Waals surface area contributed by atoms with Gasteiger partial charge >= 0.3 is 0 Å². The van der Waals surface area contributed by atoms with E-state index in [0.717, 1.165) is 49.8 Å². The van der Waals surface area contributed by atoms with Gasteiger partial charge in [-0.1, -0.05) is 13.0 Å². The molecule has 1 N–H and O–H groups in total. The smallest absolute Gasteiger partial charge is 0.231 e. The molecule has 2 aliphatic rings. The molecule has 128 valence electrons. The third-order valence-electron chi connectivity index (χ3n) is 4.40. The number of hydrogen-bond acceptors (Lipinski definition) is 6. The van der Waals surface area contributed by atoms with E-state index >= 15 is 0 Å². The van der Waals surface area contributed by atoms with Gasteiger partial charge in [0.2, 0.25) is 6.79 Å². The van der Waals surface area contributed by atoms with Crippen molar-refractivity contribution in [3.05, 3.63) is 23.8 Å². The minimum Gasteiger partial charge on any atom is -0.454 e. The van der Waals surface area contributed by atoms with Crippen LogP contribution in [0.15, 0.2) is 18.2 Å². The average Bonchev–Trinajstić information content (AvgIpc) is 3.03. The lowest BCUT2D eigenvalue weighted by Gasteiger charge is -2.34. The van der Waals surface area contributed by atoms with E-state index in [1.165, 1.54) is 0 Å². The number of β-amino-alcohol motifs (C(OH)–C–C–N with tert-alkyl or cyclic N) is 1. The highest BCUT2D eigenvalue weighted by molar-refractivity contribution is 5.44. The molecule has 1 atom stereocenters. The Balaban J connectivity index is 1.35. The first-order valence-electron chi connectivity index (χ1n) is 8.33. The van der Waals surface area contributed by atoms with E-state index in [0.29, 0.717) is 19.8 Å². The molecule has 0 aliphatic carbocycles. The Morgan fingerprint density at radius 2 is 1.87 bits per heavy atom. The van der Waals surface area contributed by atoms with Crippen LogP contribution in [0.2, 0.25) is 0 Å². The van der Waals surface area contributed by atoms with Crippen molar-refractivity contribution >= 4 is 0 Å². The molecule has 2 aliphatic heterocycles. The summed E-state index contributed by atoms with van der Waals surface area (Å²) in [6.45, 7) is 9.29. The molecule has 6 nitrogen and oxygen atoms in total. The maximum absolute atomic E-state index is 10.1. The second-order valence-electron chi connectivity index (χ2n) is 6.09. The molecule has 0 amide bonds. The molecule has 6 heteroatoms. The Labute approximate surface area is 137 Å². The first-order chi connectivity index (χ1) is 11.2. The molecule has 0 bridgehead atoms. The molecule has 0 saturated carbocycles. The summed E-state index contributed by atoms with van der Waals surface area (Å²) in [4.78, 5) is 4.74. The number of hydrogen-bond donors (Lipinski definition) is 1. The van der Waals surface area contributed by atoms with E-state index in [1.54, 1.807) is 0 Å². The predicted octanol–water partition coefficient (Wildman–Crippen LogP) is 0.930. The van der Waals surface area contributed by atoms with Gasteiger partial charge in [-0.25, -0.2) is 0 Å². The SMILES string of the molecule is CCN1CCN(C[C@H](O)COCc2ccc3c(c2)OCO3)CC1. The predicted molar refractivity (Wildman–Crippen MR) is 86.8 cm³/mol. The van der Waals surface area contributed by atoms with Gasteiger partial charge in [0.05, 0.1) is 19.3 Å². The minimum absolute atomic E-state index is 0.281. The molecule has 2 heterocycles. The highest BCUT2D eigenvalue weighted by Crippen LogP contribution is 2.32. The third kappa shape index (κ3) is 4.57. The lowest BCUT2D eigenvalue weighted by Crippen LogP contribution is -2.48. The number of nitrogens with zero attached hydrogens (tertiary/aromatic N) is 2. The third-order valence-corrected chi connectivity index (χ3v) is 4.40. The molecule has 23 heavy (non-hydrogen) atoms. The lowest BCUT2D eigenvalue weighted by atomic mass is 10.2. The molecular weight excluding hydrogens is 296 g/mol. The summed E-state index contributed by atoms with van der Waals surface area (Å²) in [5, 5.41) is 10.1. The van der Waals surface area contributed by atoms with E-state index in [2.05, 4.69) is 16.7 Å². The van der Waals surface area contributed by atoms with Crippen LogP contribution in [-0.4, -0.2) is 73.7 Å². The highest BCUT2D eigenvalue weighted by Gasteiger charge is 2.18. The Bertz CT molecular complexity index is 503. The topological polar surface area (TPSA) is 54.4 Å². The van der Waals surface area contributed by atoms with Crippen LogP contribution in [0.4, 0.5) is 0 Å². The molecule has 1 aromatic rings. The van der Waals surface area contributed by atoms with Gasteiger partial charge in [0.15, 0.2) is 11.5 Å². The van der Waals surface area contributed by atoms with Crippen molar-refractivity contribution in [3.8, 4) is 11.5 Å². The summed E-state index contributed by atoms with van der Waals surface area (Å²) >= 11 is 0. The summed E-state index contributed by atoms with van der Waals surface area (Å²) < 4.78 is 16.3. The number of piperazine rings is 1. The van der Waals surface area contributed by atoms with E-state index in [4.69, 9.17) is 14.2 Å². The quantitative estimate of drug-likeness (QED) is 0.806. The van der Waals surface area contributed by atoms with Crippen molar-refractivity contribution in [2.24, 2.45) is 0 Å². The summed E-state index contributed by atoms with van der Waals surface area (Å²) in [7, 11) is 0. The molecule has 0 unspecified atom stereocenters. The zero-order valence-electron chi connectivity index (χ0n) is 13.7. The number of ether oxygens (including phenoxy) is 3. The summed E-state index contributed by atoms with van der Waals surface area (Å²) in [6, 6.07) is 5.78. The van der Waals surface area contributed by atoms with Gasteiger partial charge in [0, 0.05) is 32.7 Å². The van der Waals surface area contributed by atoms with Crippen LogP contribution in [-0.2, 0) is 11.3 Å². The Morgan fingerprint density at radius 3 is 2.65 bits per heavy atom. The second-order valence-corrected chi connectivity index (χ2v) is 6.09. The van der Waals surface area contributed by atoms with E-state index in [1.807, 2.05) is 18.2 Å². The zero-order chi connectivity index (χ0) is 16.1. The van der Waals surface area contributed by atoms with Crippen molar-refractivity contribution in [2.75, 3.05) is 52.7 Å². The number of benzene rings is 1. The van der Waals surface area contributed by atoms with Gasteiger partial charge in [0.25, 0.3) is 0 Å². The number of rotatable bonds is 7. The maximum atomic E-state index is 10.1. The van der Waals surface area contributed by atoms with Crippen LogP contribution in [0.25, 0.3) is 0 Å². The normalized spacial score (nSPS) is 19.9. The largest absolute Gasteiger partial charge is 0.454 e. The van der Waals surface area contributed by atoms with Gasteiger partial charge < -0.3 is 24.2 Å². The standard InChI is InChI=1S/C17H26N2O4/c1-2-18-5-7-19(8-6-18)10-15(20)12-21-11-14-3-4-16-17(9-14)23-13-22-16/h3-4,9,15,20H,2,5-8,10-13H2,1H3/t15-/m0/s1. The van der Waals surface area contributed by atoms with Crippen LogP contribution >= 0.6 is 0 Å². The molecule has 1 fully saturated rings. The van der Waals surface area contributed by atoms with E-state index < -0.39 is 6.10 Å². The molecule has 3 rings (SSSR count). The molecule has 0 aromatic heterocycles. The molecule has 1 aromatic carbocycles. The molecule has 0 radical (unpaired) electrons. The fourth-order valence-corrected chi connectivity index (χ4v) is 2.98. The molecular formula is C17H26N2O4. The first-order valence-corrected chi connectivity index (χ1v) is 8.33. The fraction of sp³-hybridized carbons (Fsp3) is 0.647. The van der Waals surface area contributed by atoms with Gasteiger partial charge in [-0.15, -0.1) is 0 Å². The monoisotopic (exact) mass is 322 g/mol. The minimum atomic E-state index is -0.447. The Morgan fingerprint density at radius 1 is 1.13 bits per heavy atom. The van der Waals surface area contributed by atoms with Crippen molar-refractivity contribution < 1.29 is 19.3 Å². The maximum Gasteiger partial charge on any atom is 0.231 e. The van der Waals surface area contributed by atoms with Crippen LogP contribution in [0.3, 0.4) is 0 Å². The van der Waals surface area contributed by atoms with Crippen LogP contribution in [0.5, 0.6) is 11.5 Å². The van der Waals surface area contributed by atoms with E-state index in [9.17, 15) is 5.11 Å². The Hall–Kier alpha value is -1.34. The van der Waals surface area contributed by atoms with Crippen molar-refractivity contribution in [3.63, 3.8) is 0 Å². The van der Waals surface area contributed by atoms with E-state index in [-0.39, 0.29) is 6.79 Å². The number of fused-ring (bicyclic) bond motifs is 1. The number of aliphatic hydroxyl groups is 1. The zero-order valence-corrected chi connectivity index (χ0v) is 13.7. The molecule has 1 saturated heterocycles. The van der Waals surface area contributed by atoms with Gasteiger partial charge in [0.1, 0.15) is 0 Å². The Kier molecular flexibility index (Phi) is 5.72. The van der Waals surface area contributed by atoms with Crippen molar-refractivity contribution in [1.82, 2.24) is 9.80 Å². The summed E-state index contributed by atoms with van der Waals surface area (Å²) in [6.07, 6.45) is -0.447. The summed E-state index contributed by atoms with van der Waals surface area (Å²) in [5.74, 6) is 1.54. The van der Waals surface area contributed by atoms with Crippen molar-refractivity contribution in [1.29, 1.82) is 0 Å². The second kappa shape index (κ2) is 7.97. The summed E-state index contributed by atoms with van der Waals surface area (Å²) in [5.41, 5.74) is 1.03. The van der Waals surface area contributed by atoms with Crippen LogP contribution < -0.4 is 9.47 Å². The van der Waals surface area contributed by atoms with Crippen LogP contribution in [0, 0.1) is 0 Å². The van der Waals surface area contributed by atoms with Gasteiger partial charge in [-0.2, -0.15) is 0 Å². The van der Waals surface area contributed by atoms with Gasteiger partial charge in [-0.05, 0) is 24.2 Å².